The second-order valence-corrected chi connectivity index (χ2v) is 3.32. The van der Waals surface area contributed by atoms with Crippen LogP contribution in [0.2, 0.25) is 0 Å². The van der Waals surface area contributed by atoms with E-state index in [1.54, 1.807) is 13.3 Å². The molecule has 4 nitrogen and oxygen atoms in total. The van der Waals surface area contributed by atoms with Crippen molar-refractivity contribution in [3.8, 4) is 5.75 Å². The molecule has 1 aromatic carbocycles. The second kappa shape index (κ2) is 4.61. The summed E-state index contributed by atoms with van der Waals surface area (Å²) >= 11 is 0. The predicted molar refractivity (Wildman–Crippen MR) is 63.1 cm³/mol. The van der Waals surface area contributed by atoms with Gasteiger partial charge < -0.3 is 9.64 Å². The molecule has 2 rings (SSSR count). The lowest BCUT2D eigenvalue weighted by Crippen LogP contribution is -2.10. The maximum atomic E-state index is 5.11. The summed E-state index contributed by atoms with van der Waals surface area (Å²) in [6, 6.07) is 9.69. The zero-order valence-corrected chi connectivity index (χ0v) is 9.29. The number of benzene rings is 1. The molecule has 0 fully saturated rings. The Morgan fingerprint density at radius 3 is 2.44 bits per heavy atom. The van der Waals surface area contributed by atoms with Gasteiger partial charge in [-0.3, -0.25) is 0 Å². The van der Waals surface area contributed by atoms with Gasteiger partial charge in [-0.15, -0.1) is 0 Å². The monoisotopic (exact) mass is 215 g/mol. The lowest BCUT2D eigenvalue weighted by molar-refractivity contribution is 0.415. The van der Waals surface area contributed by atoms with Crippen LogP contribution in [0.1, 0.15) is 0 Å². The molecule has 0 radical (unpaired) electrons. The third kappa shape index (κ3) is 2.11. The highest BCUT2D eigenvalue weighted by Gasteiger charge is 2.04. The standard InChI is InChI=1S/C12H13N3O/c1-15(12-7-8-13-9-14-12)10-3-5-11(16-2)6-4-10/h3-9H,1-2H3. The van der Waals surface area contributed by atoms with Crippen molar-refractivity contribution in [1.82, 2.24) is 9.97 Å². The molecule has 2 aromatic rings. The number of nitrogens with zero attached hydrogens (tertiary/aromatic N) is 3. The topological polar surface area (TPSA) is 38.2 Å². The molecule has 0 aliphatic heterocycles. The molecule has 0 aliphatic rings. The maximum Gasteiger partial charge on any atom is 0.136 e. The maximum absolute atomic E-state index is 5.11. The van der Waals surface area contributed by atoms with E-state index in [-0.39, 0.29) is 0 Å². The Kier molecular flexibility index (Phi) is 3.00. The molecular formula is C12H13N3O. The molecule has 1 heterocycles. The highest BCUT2D eigenvalue weighted by Crippen LogP contribution is 2.23. The van der Waals surface area contributed by atoms with Gasteiger partial charge in [0.05, 0.1) is 7.11 Å². The molecule has 0 atom stereocenters. The SMILES string of the molecule is COc1ccc(N(C)c2ccncn2)cc1. The quantitative estimate of drug-likeness (QED) is 0.787. The van der Waals surface area contributed by atoms with E-state index in [9.17, 15) is 0 Å². The number of aromatic nitrogens is 2. The van der Waals surface area contributed by atoms with Gasteiger partial charge in [0.1, 0.15) is 17.9 Å². The molecule has 0 N–H and O–H groups in total. The third-order valence-corrected chi connectivity index (χ3v) is 2.37. The minimum Gasteiger partial charge on any atom is -0.497 e. The van der Waals surface area contributed by atoms with Crippen LogP contribution in [0.3, 0.4) is 0 Å². The number of methoxy groups -OCH3 is 1. The van der Waals surface area contributed by atoms with Crippen LogP contribution in [0, 0.1) is 0 Å². The van der Waals surface area contributed by atoms with Crippen LogP contribution in [0.15, 0.2) is 42.9 Å². The van der Waals surface area contributed by atoms with E-state index in [4.69, 9.17) is 4.74 Å². The summed E-state index contributed by atoms with van der Waals surface area (Å²) in [7, 11) is 3.62. The number of ether oxygens (including phenoxy) is 1. The summed E-state index contributed by atoms with van der Waals surface area (Å²) in [5, 5.41) is 0. The van der Waals surface area contributed by atoms with Crippen LogP contribution in [0.4, 0.5) is 11.5 Å². The first-order chi connectivity index (χ1) is 7.81. The molecule has 0 aliphatic carbocycles. The van der Waals surface area contributed by atoms with Gasteiger partial charge >= 0.3 is 0 Å². The lowest BCUT2D eigenvalue weighted by atomic mass is 10.3. The van der Waals surface area contributed by atoms with Crippen molar-refractivity contribution < 1.29 is 4.74 Å². The fourth-order valence-electron chi connectivity index (χ4n) is 1.42. The van der Waals surface area contributed by atoms with E-state index < -0.39 is 0 Å². The van der Waals surface area contributed by atoms with Gasteiger partial charge in [0.2, 0.25) is 0 Å². The zero-order valence-electron chi connectivity index (χ0n) is 9.29. The normalized spacial score (nSPS) is 9.88. The van der Waals surface area contributed by atoms with Crippen LogP contribution < -0.4 is 9.64 Å². The Hall–Kier alpha value is -2.10. The molecule has 0 unspecified atom stereocenters. The van der Waals surface area contributed by atoms with Crippen LogP contribution in [0.25, 0.3) is 0 Å². The van der Waals surface area contributed by atoms with Crippen LogP contribution in [-0.2, 0) is 0 Å². The third-order valence-electron chi connectivity index (χ3n) is 2.37. The average Bonchev–Trinajstić information content (AvgIpc) is 2.39. The highest BCUT2D eigenvalue weighted by molar-refractivity contribution is 5.59. The number of anilines is 2. The predicted octanol–water partition coefficient (Wildman–Crippen LogP) is 2.25. The molecule has 1 aromatic heterocycles. The molecule has 0 amide bonds. The minimum absolute atomic E-state index is 0.847. The second-order valence-electron chi connectivity index (χ2n) is 3.32. The Morgan fingerprint density at radius 1 is 1.12 bits per heavy atom. The molecular weight excluding hydrogens is 202 g/mol. The lowest BCUT2D eigenvalue weighted by Gasteiger charge is -2.17. The molecule has 4 heteroatoms. The van der Waals surface area contributed by atoms with Crippen LogP contribution in [0.5, 0.6) is 5.75 Å². The Morgan fingerprint density at radius 2 is 1.88 bits per heavy atom. The summed E-state index contributed by atoms with van der Waals surface area (Å²) in [4.78, 5) is 10.1. The largest absolute Gasteiger partial charge is 0.497 e. The van der Waals surface area contributed by atoms with Crippen molar-refractivity contribution in [3.63, 3.8) is 0 Å². The molecule has 82 valence electrons. The fourth-order valence-corrected chi connectivity index (χ4v) is 1.42. The van der Waals surface area contributed by atoms with Gasteiger partial charge in [0.15, 0.2) is 0 Å². The first-order valence-electron chi connectivity index (χ1n) is 4.95. The summed E-state index contributed by atoms with van der Waals surface area (Å²) in [5.74, 6) is 1.71. The molecule has 0 saturated heterocycles. The van der Waals surface area contributed by atoms with Crippen molar-refractivity contribution in [2.75, 3.05) is 19.1 Å². The molecule has 0 spiro atoms. The Balaban J connectivity index is 2.24. The molecule has 0 saturated carbocycles. The van der Waals surface area contributed by atoms with Crippen LogP contribution >= 0.6 is 0 Å². The van der Waals surface area contributed by atoms with E-state index in [1.807, 2.05) is 42.3 Å². The van der Waals surface area contributed by atoms with Gasteiger partial charge in [-0.1, -0.05) is 0 Å². The van der Waals surface area contributed by atoms with Crippen molar-refractivity contribution in [3.05, 3.63) is 42.9 Å². The highest BCUT2D eigenvalue weighted by atomic mass is 16.5. The van der Waals surface area contributed by atoms with Crippen molar-refractivity contribution in [2.24, 2.45) is 0 Å². The minimum atomic E-state index is 0.847. The number of hydrogen-bond donors (Lipinski definition) is 0. The first-order valence-corrected chi connectivity index (χ1v) is 4.95. The summed E-state index contributed by atoms with van der Waals surface area (Å²) in [5.41, 5.74) is 1.06. The average molecular weight is 215 g/mol. The Labute approximate surface area is 94.5 Å². The van der Waals surface area contributed by atoms with Gasteiger partial charge in [-0.2, -0.15) is 0 Å². The van der Waals surface area contributed by atoms with E-state index in [0.29, 0.717) is 0 Å². The Bertz CT molecular complexity index is 442. The first kappa shape index (κ1) is 10.4. The van der Waals surface area contributed by atoms with Crippen LogP contribution in [-0.4, -0.2) is 24.1 Å². The molecule has 0 bridgehead atoms. The zero-order chi connectivity index (χ0) is 11.4. The van der Waals surface area contributed by atoms with Crippen molar-refractivity contribution >= 4 is 11.5 Å². The number of hydrogen-bond acceptors (Lipinski definition) is 4. The van der Waals surface area contributed by atoms with Gasteiger partial charge in [0, 0.05) is 18.9 Å². The number of rotatable bonds is 3. The van der Waals surface area contributed by atoms with E-state index >= 15 is 0 Å². The summed E-state index contributed by atoms with van der Waals surface area (Å²) < 4.78 is 5.11. The van der Waals surface area contributed by atoms with Crippen molar-refractivity contribution in [2.45, 2.75) is 0 Å². The van der Waals surface area contributed by atoms with Gasteiger partial charge in [-0.25, -0.2) is 9.97 Å². The van der Waals surface area contributed by atoms with E-state index in [1.165, 1.54) is 6.33 Å². The van der Waals surface area contributed by atoms with E-state index in [0.717, 1.165) is 17.3 Å². The smallest absolute Gasteiger partial charge is 0.136 e. The van der Waals surface area contributed by atoms with Gasteiger partial charge in [-0.05, 0) is 30.3 Å². The summed E-state index contributed by atoms with van der Waals surface area (Å²) in [6.07, 6.45) is 3.26. The molecule has 16 heavy (non-hydrogen) atoms. The van der Waals surface area contributed by atoms with E-state index in [2.05, 4.69) is 9.97 Å². The van der Waals surface area contributed by atoms with Gasteiger partial charge in [0.25, 0.3) is 0 Å². The van der Waals surface area contributed by atoms with Crippen molar-refractivity contribution in [1.29, 1.82) is 0 Å². The fraction of sp³-hybridized carbons (Fsp3) is 0.167. The summed E-state index contributed by atoms with van der Waals surface area (Å²) in [6.45, 7) is 0.